The van der Waals surface area contributed by atoms with E-state index in [0.717, 1.165) is 25.0 Å². The van der Waals surface area contributed by atoms with Crippen LogP contribution in [-0.4, -0.2) is 36.6 Å². The van der Waals surface area contributed by atoms with Gasteiger partial charge in [0.15, 0.2) is 0 Å². The molecule has 13 heavy (non-hydrogen) atoms. The van der Waals surface area contributed by atoms with E-state index in [9.17, 15) is 0 Å². The zero-order chi connectivity index (χ0) is 9.26. The summed E-state index contributed by atoms with van der Waals surface area (Å²) in [5.41, 5.74) is 0. The van der Waals surface area contributed by atoms with Gasteiger partial charge >= 0.3 is 0 Å². The molecule has 0 amide bonds. The van der Waals surface area contributed by atoms with Gasteiger partial charge in [0.1, 0.15) is 0 Å². The van der Waals surface area contributed by atoms with Crippen molar-refractivity contribution in [2.45, 2.75) is 31.8 Å². The van der Waals surface area contributed by atoms with Crippen LogP contribution in [0.2, 0.25) is 0 Å². The van der Waals surface area contributed by atoms with Gasteiger partial charge in [-0.25, -0.2) is 0 Å². The third kappa shape index (κ3) is 2.12. The second-order valence-corrected chi connectivity index (χ2v) is 4.44. The van der Waals surface area contributed by atoms with Crippen LogP contribution in [0.25, 0.3) is 0 Å². The Balaban J connectivity index is 1.88. The molecule has 2 heteroatoms. The Labute approximate surface area is 81.0 Å². The topological polar surface area (TPSA) is 15.3 Å². The first-order valence-corrected chi connectivity index (χ1v) is 5.39. The number of rotatable bonds is 3. The van der Waals surface area contributed by atoms with Gasteiger partial charge < -0.3 is 5.32 Å². The van der Waals surface area contributed by atoms with Gasteiger partial charge in [-0.1, -0.05) is 6.08 Å². The summed E-state index contributed by atoms with van der Waals surface area (Å²) in [5, 5.41) is 3.64. The van der Waals surface area contributed by atoms with E-state index >= 15 is 0 Å². The fourth-order valence-electron chi connectivity index (χ4n) is 2.18. The van der Waals surface area contributed by atoms with Gasteiger partial charge in [0.2, 0.25) is 0 Å². The first kappa shape index (κ1) is 9.22. The molecule has 1 aliphatic carbocycles. The summed E-state index contributed by atoms with van der Waals surface area (Å²) in [7, 11) is 0. The van der Waals surface area contributed by atoms with Crippen LogP contribution >= 0.6 is 0 Å². The Bertz CT molecular complexity index is 187. The van der Waals surface area contributed by atoms with Crippen molar-refractivity contribution in [2.75, 3.05) is 19.6 Å². The van der Waals surface area contributed by atoms with E-state index in [1.54, 1.807) is 0 Å². The molecule has 2 atom stereocenters. The molecule has 1 saturated carbocycles. The van der Waals surface area contributed by atoms with Gasteiger partial charge in [-0.3, -0.25) is 4.90 Å². The molecule has 74 valence electrons. The highest BCUT2D eigenvalue weighted by atomic mass is 15.2. The van der Waals surface area contributed by atoms with Gasteiger partial charge in [0.05, 0.1) is 0 Å². The monoisotopic (exact) mass is 180 g/mol. The predicted octanol–water partition coefficient (Wildman–Crippen LogP) is 1.24. The summed E-state index contributed by atoms with van der Waals surface area (Å²) in [4.78, 5) is 2.53. The number of nitrogens with one attached hydrogen (secondary N) is 1. The molecule has 1 N–H and O–H groups in total. The van der Waals surface area contributed by atoms with Gasteiger partial charge in [-0.2, -0.15) is 0 Å². The molecule has 2 rings (SSSR count). The number of hydrogen-bond acceptors (Lipinski definition) is 2. The van der Waals surface area contributed by atoms with Crippen molar-refractivity contribution in [3.05, 3.63) is 12.7 Å². The van der Waals surface area contributed by atoms with Crippen molar-refractivity contribution in [1.29, 1.82) is 0 Å². The van der Waals surface area contributed by atoms with Crippen molar-refractivity contribution >= 4 is 0 Å². The molecule has 2 nitrogen and oxygen atoms in total. The molecule has 0 spiro atoms. The lowest BCUT2D eigenvalue weighted by atomic mass is 10.1. The number of nitrogens with zero attached hydrogens (tertiary/aromatic N) is 1. The minimum atomic E-state index is 0.674. The van der Waals surface area contributed by atoms with E-state index in [0.29, 0.717) is 6.04 Å². The summed E-state index contributed by atoms with van der Waals surface area (Å²) < 4.78 is 0. The van der Waals surface area contributed by atoms with E-state index in [1.165, 1.54) is 19.4 Å². The molecular formula is C11H20N2. The molecule has 2 unspecified atom stereocenters. The minimum absolute atomic E-state index is 0.674. The Morgan fingerprint density at radius 2 is 2.31 bits per heavy atom. The van der Waals surface area contributed by atoms with Gasteiger partial charge in [-0.05, 0) is 25.7 Å². The molecule has 1 aliphatic heterocycles. The third-order valence-corrected chi connectivity index (χ3v) is 3.28. The molecule has 0 radical (unpaired) electrons. The Kier molecular flexibility index (Phi) is 2.70. The zero-order valence-electron chi connectivity index (χ0n) is 8.50. The second-order valence-electron chi connectivity index (χ2n) is 4.44. The maximum Gasteiger partial charge on any atom is 0.0224 e. The Hall–Kier alpha value is -0.340. The number of hydrogen-bond donors (Lipinski definition) is 1. The van der Waals surface area contributed by atoms with Gasteiger partial charge in [-0.15, -0.1) is 6.58 Å². The van der Waals surface area contributed by atoms with Crippen LogP contribution in [-0.2, 0) is 0 Å². The maximum atomic E-state index is 3.81. The van der Waals surface area contributed by atoms with Crippen LogP contribution in [0, 0.1) is 5.92 Å². The van der Waals surface area contributed by atoms with Crippen molar-refractivity contribution in [3.63, 3.8) is 0 Å². The average molecular weight is 180 g/mol. The largest absolute Gasteiger partial charge is 0.311 e. The SMILES string of the molecule is C=CCN1CC(C2CC2)NCC1C. The van der Waals surface area contributed by atoms with Crippen LogP contribution in [0.15, 0.2) is 12.7 Å². The average Bonchev–Trinajstić information content (AvgIpc) is 2.92. The second kappa shape index (κ2) is 3.81. The minimum Gasteiger partial charge on any atom is -0.311 e. The molecule has 0 aromatic rings. The Morgan fingerprint density at radius 3 is 2.92 bits per heavy atom. The molecule has 2 fully saturated rings. The highest BCUT2D eigenvalue weighted by Crippen LogP contribution is 2.34. The van der Waals surface area contributed by atoms with Crippen molar-refractivity contribution in [3.8, 4) is 0 Å². The zero-order valence-corrected chi connectivity index (χ0v) is 8.50. The molecule has 1 heterocycles. The maximum absolute atomic E-state index is 3.81. The van der Waals surface area contributed by atoms with Crippen LogP contribution < -0.4 is 5.32 Å². The summed E-state index contributed by atoms with van der Waals surface area (Å²) in [5.74, 6) is 0.972. The Morgan fingerprint density at radius 1 is 1.54 bits per heavy atom. The predicted molar refractivity (Wildman–Crippen MR) is 55.7 cm³/mol. The molecular weight excluding hydrogens is 160 g/mol. The van der Waals surface area contributed by atoms with Crippen LogP contribution in [0.4, 0.5) is 0 Å². The molecule has 0 bridgehead atoms. The van der Waals surface area contributed by atoms with E-state index in [-0.39, 0.29) is 0 Å². The van der Waals surface area contributed by atoms with Crippen LogP contribution in [0.5, 0.6) is 0 Å². The smallest absolute Gasteiger partial charge is 0.0224 e. The van der Waals surface area contributed by atoms with Crippen molar-refractivity contribution in [2.24, 2.45) is 5.92 Å². The van der Waals surface area contributed by atoms with Gasteiger partial charge in [0.25, 0.3) is 0 Å². The van der Waals surface area contributed by atoms with Crippen LogP contribution in [0.1, 0.15) is 19.8 Å². The first-order chi connectivity index (χ1) is 6.31. The van der Waals surface area contributed by atoms with E-state index in [2.05, 4.69) is 23.7 Å². The summed E-state index contributed by atoms with van der Waals surface area (Å²) in [6.45, 7) is 9.52. The third-order valence-electron chi connectivity index (χ3n) is 3.28. The number of piperazine rings is 1. The first-order valence-electron chi connectivity index (χ1n) is 5.39. The quantitative estimate of drug-likeness (QED) is 0.657. The lowest BCUT2D eigenvalue weighted by molar-refractivity contribution is 0.147. The fraction of sp³-hybridized carbons (Fsp3) is 0.818. The highest BCUT2D eigenvalue weighted by Gasteiger charge is 2.35. The summed E-state index contributed by atoms with van der Waals surface area (Å²) >= 11 is 0. The molecule has 0 aromatic carbocycles. The molecule has 0 aromatic heterocycles. The van der Waals surface area contributed by atoms with Crippen LogP contribution in [0.3, 0.4) is 0 Å². The lowest BCUT2D eigenvalue weighted by Crippen LogP contribution is -2.56. The molecule has 2 aliphatic rings. The summed E-state index contributed by atoms with van der Waals surface area (Å²) in [6, 6.07) is 1.43. The lowest BCUT2D eigenvalue weighted by Gasteiger charge is -2.38. The highest BCUT2D eigenvalue weighted by molar-refractivity contribution is 4.94. The summed E-state index contributed by atoms with van der Waals surface area (Å²) in [6.07, 6.45) is 4.90. The standard InChI is InChI=1S/C11H20N2/c1-3-6-13-8-11(10-4-5-10)12-7-9(13)2/h3,9-12H,1,4-8H2,2H3. The van der Waals surface area contributed by atoms with E-state index < -0.39 is 0 Å². The van der Waals surface area contributed by atoms with Crippen molar-refractivity contribution < 1.29 is 0 Å². The van der Waals surface area contributed by atoms with E-state index in [1.807, 2.05) is 6.08 Å². The van der Waals surface area contributed by atoms with E-state index in [4.69, 9.17) is 0 Å². The normalized spacial score (nSPS) is 36.1. The molecule has 1 saturated heterocycles. The van der Waals surface area contributed by atoms with Crippen molar-refractivity contribution in [1.82, 2.24) is 10.2 Å². The fourth-order valence-corrected chi connectivity index (χ4v) is 2.18. The van der Waals surface area contributed by atoms with Gasteiger partial charge in [0, 0.05) is 31.7 Å².